The summed E-state index contributed by atoms with van der Waals surface area (Å²) in [7, 11) is 0. The van der Waals surface area contributed by atoms with Crippen LogP contribution in [0.2, 0.25) is 0 Å². The predicted molar refractivity (Wildman–Crippen MR) is 102 cm³/mol. The molecule has 0 saturated carbocycles. The molecule has 2 heterocycles. The van der Waals surface area contributed by atoms with Gasteiger partial charge < -0.3 is 4.74 Å². The van der Waals surface area contributed by atoms with Crippen LogP contribution < -0.4 is 4.74 Å². The van der Waals surface area contributed by atoms with Gasteiger partial charge in [-0.3, -0.25) is 9.69 Å². The second-order valence-electron chi connectivity index (χ2n) is 5.91. The fraction of sp³-hybridized carbons (Fsp3) is 0.150. The van der Waals surface area contributed by atoms with Gasteiger partial charge in [-0.25, -0.2) is 9.79 Å². The van der Waals surface area contributed by atoms with Crippen molar-refractivity contribution in [3.8, 4) is 5.75 Å². The van der Waals surface area contributed by atoms with E-state index < -0.39 is 5.97 Å². The third-order valence-corrected chi connectivity index (χ3v) is 5.11. The zero-order valence-corrected chi connectivity index (χ0v) is 14.7. The van der Waals surface area contributed by atoms with Gasteiger partial charge in [0, 0.05) is 12.3 Å². The topological polar surface area (TPSA) is 59.0 Å². The fourth-order valence-corrected chi connectivity index (χ4v) is 3.74. The summed E-state index contributed by atoms with van der Waals surface area (Å²) in [4.78, 5) is 30.8. The lowest BCUT2D eigenvalue weighted by Crippen LogP contribution is -2.34. The lowest BCUT2D eigenvalue weighted by atomic mass is 10.1. The van der Waals surface area contributed by atoms with Crippen LogP contribution in [-0.2, 0) is 4.79 Å². The molecule has 0 N–H and O–H groups in total. The summed E-state index contributed by atoms with van der Waals surface area (Å²) < 4.78 is 5.42. The number of benzene rings is 2. The molecule has 0 aromatic heterocycles. The largest absolute Gasteiger partial charge is 0.423 e. The van der Waals surface area contributed by atoms with Gasteiger partial charge >= 0.3 is 5.97 Å². The van der Waals surface area contributed by atoms with Gasteiger partial charge in [-0.2, -0.15) is 0 Å². The average Bonchev–Trinajstić information content (AvgIpc) is 2.99. The fourth-order valence-electron chi connectivity index (χ4n) is 2.79. The number of hydrogen-bond donors (Lipinski definition) is 0. The van der Waals surface area contributed by atoms with Crippen molar-refractivity contribution in [2.45, 2.75) is 6.42 Å². The maximum Gasteiger partial charge on any atom is 0.343 e. The first kappa shape index (κ1) is 16.6. The molecule has 5 nitrogen and oxygen atoms in total. The molecule has 1 saturated heterocycles. The first-order valence-electron chi connectivity index (χ1n) is 8.33. The van der Waals surface area contributed by atoms with E-state index in [1.807, 2.05) is 12.1 Å². The monoisotopic (exact) mass is 364 g/mol. The smallest absolute Gasteiger partial charge is 0.343 e. The molecule has 130 valence electrons. The van der Waals surface area contributed by atoms with Gasteiger partial charge in [0.05, 0.1) is 5.56 Å². The van der Waals surface area contributed by atoms with Crippen LogP contribution in [0, 0.1) is 0 Å². The zero-order valence-electron chi connectivity index (χ0n) is 13.9. The minimum atomic E-state index is -0.416. The molecular formula is C20H16N2O3S. The number of aliphatic imine (C=N–C) groups is 1. The third-order valence-electron chi connectivity index (χ3n) is 4.05. The number of thioether (sulfide) groups is 1. The molecule has 4 rings (SSSR count). The van der Waals surface area contributed by atoms with Crippen LogP contribution in [0.3, 0.4) is 0 Å². The summed E-state index contributed by atoms with van der Waals surface area (Å²) in [6.07, 6.45) is 2.71. The summed E-state index contributed by atoms with van der Waals surface area (Å²) in [5.74, 6) is 0.930. The van der Waals surface area contributed by atoms with Crippen molar-refractivity contribution in [2.24, 2.45) is 4.99 Å². The molecule has 2 aliphatic heterocycles. The van der Waals surface area contributed by atoms with Gasteiger partial charge in [0.1, 0.15) is 11.4 Å². The number of amidine groups is 1. The molecule has 0 unspecified atom stereocenters. The highest BCUT2D eigenvalue weighted by Gasteiger charge is 2.32. The van der Waals surface area contributed by atoms with Gasteiger partial charge in [0.2, 0.25) is 0 Å². The lowest BCUT2D eigenvalue weighted by molar-refractivity contribution is -0.122. The van der Waals surface area contributed by atoms with E-state index in [0.29, 0.717) is 17.0 Å². The number of esters is 1. The normalized spacial score (nSPS) is 17.8. The molecule has 0 spiro atoms. The molecule has 2 aromatic carbocycles. The van der Waals surface area contributed by atoms with Gasteiger partial charge in [-0.15, -0.1) is 0 Å². The van der Waals surface area contributed by atoms with Crippen LogP contribution in [0.4, 0.5) is 0 Å². The number of carbonyl (C=O) groups is 2. The van der Waals surface area contributed by atoms with Crippen LogP contribution in [-0.4, -0.2) is 34.2 Å². The maximum absolute atomic E-state index is 12.4. The average molecular weight is 364 g/mol. The van der Waals surface area contributed by atoms with Crippen LogP contribution in [0.5, 0.6) is 5.75 Å². The van der Waals surface area contributed by atoms with Crippen molar-refractivity contribution in [2.75, 3.05) is 12.3 Å². The van der Waals surface area contributed by atoms with E-state index in [4.69, 9.17) is 4.74 Å². The quantitative estimate of drug-likeness (QED) is 0.474. The Morgan fingerprint density at radius 3 is 2.81 bits per heavy atom. The molecule has 0 bridgehead atoms. The molecule has 0 radical (unpaired) electrons. The molecular weight excluding hydrogens is 348 g/mol. The minimum absolute atomic E-state index is 0.0705. The number of rotatable bonds is 3. The Bertz CT molecular complexity index is 922. The first-order chi connectivity index (χ1) is 12.7. The molecule has 0 atom stereocenters. The summed E-state index contributed by atoms with van der Waals surface area (Å²) >= 11 is 1.61. The molecule has 1 amide bonds. The van der Waals surface area contributed by atoms with Gasteiger partial charge in [-0.1, -0.05) is 42.1 Å². The van der Waals surface area contributed by atoms with Gasteiger partial charge in [-0.05, 0) is 42.3 Å². The summed E-state index contributed by atoms with van der Waals surface area (Å²) in [6.45, 7) is 0.719. The number of nitrogens with zero attached hydrogens (tertiary/aromatic N) is 2. The Morgan fingerprint density at radius 2 is 2.00 bits per heavy atom. The minimum Gasteiger partial charge on any atom is -0.423 e. The van der Waals surface area contributed by atoms with E-state index >= 15 is 0 Å². The number of fused-ring (bicyclic) bond motifs is 1. The Morgan fingerprint density at radius 1 is 1.15 bits per heavy atom. The van der Waals surface area contributed by atoms with Gasteiger partial charge in [0.25, 0.3) is 5.91 Å². The molecule has 2 aromatic rings. The first-order valence-corrected chi connectivity index (χ1v) is 9.31. The van der Waals surface area contributed by atoms with E-state index in [-0.39, 0.29) is 5.91 Å². The summed E-state index contributed by atoms with van der Waals surface area (Å²) in [6, 6.07) is 15.9. The lowest BCUT2D eigenvalue weighted by Gasteiger charge is -2.21. The zero-order chi connectivity index (χ0) is 17.9. The second kappa shape index (κ2) is 7.17. The highest BCUT2D eigenvalue weighted by Crippen LogP contribution is 2.28. The van der Waals surface area contributed by atoms with Crippen LogP contribution in [0.15, 0.2) is 65.3 Å². The van der Waals surface area contributed by atoms with Crippen molar-refractivity contribution < 1.29 is 14.3 Å². The van der Waals surface area contributed by atoms with Crippen molar-refractivity contribution in [3.05, 3.63) is 71.4 Å². The van der Waals surface area contributed by atoms with Crippen molar-refractivity contribution in [1.82, 2.24) is 4.90 Å². The van der Waals surface area contributed by atoms with E-state index in [0.717, 1.165) is 29.4 Å². The highest BCUT2D eigenvalue weighted by atomic mass is 32.2. The van der Waals surface area contributed by atoms with Crippen molar-refractivity contribution in [1.29, 1.82) is 0 Å². The molecule has 0 aliphatic carbocycles. The van der Waals surface area contributed by atoms with Crippen molar-refractivity contribution >= 4 is 34.9 Å². The molecule has 2 aliphatic rings. The van der Waals surface area contributed by atoms with Crippen LogP contribution in [0.1, 0.15) is 22.3 Å². The number of amides is 1. The highest BCUT2D eigenvalue weighted by molar-refractivity contribution is 8.13. The third kappa shape index (κ3) is 3.41. The van der Waals surface area contributed by atoms with Crippen LogP contribution >= 0.6 is 11.8 Å². The Labute approximate surface area is 155 Å². The van der Waals surface area contributed by atoms with Gasteiger partial charge in [0.15, 0.2) is 5.17 Å². The molecule has 26 heavy (non-hydrogen) atoms. The number of carbonyl (C=O) groups excluding carboxylic acids is 2. The Hall–Kier alpha value is -2.86. The Balaban J connectivity index is 1.54. The standard InChI is InChI=1S/C20H16N2O3S/c23-18-17(21-20-22(18)10-5-11-26-20)13-14-6-4-9-16(12-14)25-19(24)15-7-2-1-3-8-15/h1-4,6-9,12-13H,5,10-11H2/b17-13-. The Kier molecular flexibility index (Phi) is 4.58. The van der Waals surface area contributed by atoms with Crippen LogP contribution in [0.25, 0.3) is 6.08 Å². The van der Waals surface area contributed by atoms with Crippen molar-refractivity contribution in [3.63, 3.8) is 0 Å². The number of ether oxygens (including phenoxy) is 1. The summed E-state index contributed by atoms with van der Waals surface area (Å²) in [5, 5.41) is 0.777. The van der Waals surface area contributed by atoms with E-state index in [2.05, 4.69) is 4.99 Å². The predicted octanol–water partition coefficient (Wildman–Crippen LogP) is 3.58. The maximum atomic E-state index is 12.4. The van der Waals surface area contributed by atoms with E-state index in [9.17, 15) is 9.59 Å². The van der Waals surface area contributed by atoms with E-state index in [1.165, 1.54) is 0 Å². The molecule has 6 heteroatoms. The van der Waals surface area contributed by atoms with E-state index in [1.54, 1.807) is 65.2 Å². The second-order valence-corrected chi connectivity index (χ2v) is 6.97. The molecule has 1 fully saturated rings. The number of hydrogen-bond acceptors (Lipinski definition) is 5. The SMILES string of the molecule is O=C(Oc1cccc(/C=C2\N=C3SCCCN3C2=O)c1)c1ccccc1. The summed E-state index contributed by atoms with van der Waals surface area (Å²) in [5.41, 5.74) is 1.67.